The molecular weight excluding hydrogens is 246 g/mol. The predicted molar refractivity (Wildman–Crippen MR) is 59.6 cm³/mol. The number of alkyl halides is 2. The Hall–Kier alpha value is -1.76. The molecule has 1 heterocycles. The van der Waals surface area contributed by atoms with Crippen LogP contribution >= 0.6 is 0 Å². The molecule has 0 amide bonds. The smallest absolute Gasteiger partial charge is 0.357 e. The number of rotatable bonds is 5. The van der Waals surface area contributed by atoms with Gasteiger partial charge in [-0.2, -0.15) is 0 Å². The third-order valence-electron chi connectivity index (χ3n) is 2.22. The molecule has 0 saturated carbocycles. The number of nitrogens with two attached hydrogens (primary N) is 1. The summed E-state index contributed by atoms with van der Waals surface area (Å²) in [5.41, 5.74) is 4.95. The van der Waals surface area contributed by atoms with Gasteiger partial charge in [0.2, 0.25) is 0 Å². The fourth-order valence-corrected chi connectivity index (χ4v) is 1.43. The van der Waals surface area contributed by atoms with Gasteiger partial charge in [-0.1, -0.05) is 0 Å². The van der Waals surface area contributed by atoms with Crippen LogP contribution in [0.1, 0.15) is 35.1 Å². The third kappa shape index (κ3) is 2.92. The van der Waals surface area contributed by atoms with Crippen LogP contribution in [0.2, 0.25) is 0 Å². The lowest BCUT2D eigenvalue weighted by Crippen LogP contribution is -2.15. The van der Waals surface area contributed by atoms with Crippen molar-refractivity contribution >= 4 is 5.97 Å². The summed E-state index contributed by atoms with van der Waals surface area (Å²) in [6.45, 7) is 1.66. The molecule has 0 fully saturated rings. The second kappa shape index (κ2) is 6.25. The Balaban J connectivity index is 3.35. The molecule has 1 aromatic rings. The van der Waals surface area contributed by atoms with E-state index in [2.05, 4.69) is 4.98 Å². The molecule has 0 radical (unpaired) electrons. The van der Waals surface area contributed by atoms with Crippen molar-refractivity contribution in [3.8, 4) is 5.75 Å². The van der Waals surface area contributed by atoms with E-state index < -0.39 is 18.1 Å². The molecule has 1 aromatic heterocycles. The lowest BCUT2D eigenvalue weighted by Gasteiger charge is -2.13. The second-order valence-corrected chi connectivity index (χ2v) is 3.30. The number of esters is 1. The Morgan fingerprint density at radius 2 is 2.22 bits per heavy atom. The van der Waals surface area contributed by atoms with Crippen LogP contribution in [0.4, 0.5) is 8.78 Å². The summed E-state index contributed by atoms with van der Waals surface area (Å²) in [4.78, 5) is 15.2. The number of methoxy groups -OCH3 is 1. The van der Waals surface area contributed by atoms with Gasteiger partial charge in [-0.15, -0.1) is 0 Å². The van der Waals surface area contributed by atoms with Crippen molar-refractivity contribution in [1.82, 2.24) is 4.98 Å². The molecule has 0 aliphatic carbocycles. The van der Waals surface area contributed by atoms with Crippen molar-refractivity contribution < 1.29 is 23.0 Å². The molecule has 0 aliphatic rings. The van der Waals surface area contributed by atoms with Crippen LogP contribution < -0.4 is 10.5 Å². The van der Waals surface area contributed by atoms with E-state index in [9.17, 15) is 13.6 Å². The zero-order valence-corrected chi connectivity index (χ0v) is 10.1. The fraction of sp³-hybridized carbons (Fsp3) is 0.455. The van der Waals surface area contributed by atoms with Gasteiger partial charge in [0.15, 0.2) is 5.69 Å². The van der Waals surface area contributed by atoms with Crippen LogP contribution in [0.25, 0.3) is 0 Å². The SMILES string of the molecule is CCOC(=O)c1nc(C(F)F)cc(OC)c1CN. The van der Waals surface area contributed by atoms with Gasteiger partial charge in [0.05, 0.1) is 13.7 Å². The maximum absolute atomic E-state index is 12.6. The minimum Gasteiger partial charge on any atom is -0.496 e. The van der Waals surface area contributed by atoms with Gasteiger partial charge < -0.3 is 15.2 Å². The molecule has 7 heteroatoms. The van der Waals surface area contributed by atoms with E-state index in [0.717, 1.165) is 6.07 Å². The van der Waals surface area contributed by atoms with Gasteiger partial charge in [0.25, 0.3) is 6.43 Å². The van der Waals surface area contributed by atoms with Crippen molar-refractivity contribution in [3.05, 3.63) is 23.0 Å². The zero-order chi connectivity index (χ0) is 13.7. The first kappa shape index (κ1) is 14.3. The standard InChI is InChI=1S/C11H14F2N2O3/c1-3-18-11(16)9-6(5-14)8(17-2)4-7(15-9)10(12)13/h4,10H,3,5,14H2,1-2H3. The first-order valence-corrected chi connectivity index (χ1v) is 5.28. The average molecular weight is 260 g/mol. The number of carbonyl (C=O) groups is 1. The summed E-state index contributed by atoms with van der Waals surface area (Å²) < 4.78 is 35.0. The summed E-state index contributed by atoms with van der Waals surface area (Å²) in [5.74, 6) is -0.690. The van der Waals surface area contributed by atoms with E-state index in [1.807, 2.05) is 0 Å². The predicted octanol–water partition coefficient (Wildman–Crippen LogP) is 1.66. The molecule has 0 saturated heterocycles. The van der Waals surface area contributed by atoms with Gasteiger partial charge in [0, 0.05) is 18.2 Å². The Morgan fingerprint density at radius 1 is 1.56 bits per heavy atom. The molecule has 0 aromatic carbocycles. The van der Waals surface area contributed by atoms with Crippen molar-refractivity contribution in [1.29, 1.82) is 0 Å². The summed E-state index contributed by atoms with van der Waals surface area (Å²) >= 11 is 0. The number of hydrogen-bond acceptors (Lipinski definition) is 5. The average Bonchev–Trinajstić information content (AvgIpc) is 2.37. The number of aromatic nitrogens is 1. The molecule has 0 aliphatic heterocycles. The van der Waals surface area contributed by atoms with E-state index in [0.29, 0.717) is 0 Å². The highest BCUT2D eigenvalue weighted by molar-refractivity contribution is 5.89. The molecule has 0 atom stereocenters. The fourth-order valence-electron chi connectivity index (χ4n) is 1.43. The maximum Gasteiger partial charge on any atom is 0.357 e. The van der Waals surface area contributed by atoms with Crippen molar-refractivity contribution in [3.63, 3.8) is 0 Å². The highest BCUT2D eigenvalue weighted by Gasteiger charge is 2.22. The van der Waals surface area contributed by atoms with Crippen molar-refractivity contribution in [2.24, 2.45) is 5.73 Å². The quantitative estimate of drug-likeness (QED) is 0.815. The Bertz CT molecular complexity index is 439. The number of ether oxygens (including phenoxy) is 2. The Kier molecular flexibility index (Phi) is 4.96. The summed E-state index contributed by atoms with van der Waals surface area (Å²) in [6.07, 6.45) is -2.81. The molecule has 0 unspecified atom stereocenters. The van der Waals surface area contributed by atoms with E-state index in [1.54, 1.807) is 6.92 Å². The van der Waals surface area contributed by atoms with Gasteiger partial charge in [-0.3, -0.25) is 0 Å². The molecule has 100 valence electrons. The van der Waals surface area contributed by atoms with Crippen LogP contribution in [0.5, 0.6) is 5.75 Å². The summed E-state index contributed by atoms with van der Waals surface area (Å²) in [6, 6.07) is 1.07. The van der Waals surface area contributed by atoms with Crippen LogP contribution in [0.3, 0.4) is 0 Å². The lowest BCUT2D eigenvalue weighted by atomic mass is 10.1. The number of carbonyl (C=O) groups excluding carboxylic acids is 1. The molecule has 1 rings (SSSR count). The van der Waals surface area contributed by atoms with Gasteiger partial charge in [0.1, 0.15) is 11.4 Å². The van der Waals surface area contributed by atoms with Crippen LogP contribution in [0.15, 0.2) is 6.07 Å². The largest absolute Gasteiger partial charge is 0.496 e. The maximum atomic E-state index is 12.6. The van der Waals surface area contributed by atoms with Gasteiger partial charge in [-0.25, -0.2) is 18.6 Å². The lowest BCUT2D eigenvalue weighted by molar-refractivity contribution is 0.0515. The van der Waals surface area contributed by atoms with Gasteiger partial charge in [-0.05, 0) is 6.92 Å². The Labute approximate surface area is 103 Å². The molecule has 18 heavy (non-hydrogen) atoms. The summed E-state index contributed by atoms with van der Waals surface area (Å²) in [5, 5.41) is 0. The molecule has 0 spiro atoms. The second-order valence-electron chi connectivity index (χ2n) is 3.30. The number of hydrogen-bond donors (Lipinski definition) is 1. The minimum absolute atomic E-state index is 0.0617. The topological polar surface area (TPSA) is 74.4 Å². The van der Waals surface area contributed by atoms with Crippen LogP contribution in [-0.4, -0.2) is 24.7 Å². The van der Waals surface area contributed by atoms with Crippen molar-refractivity contribution in [2.75, 3.05) is 13.7 Å². The Morgan fingerprint density at radius 3 is 2.67 bits per heavy atom. The van der Waals surface area contributed by atoms with E-state index >= 15 is 0 Å². The van der Waals surface area contributed by atoms with Crippen LogP contribution in [-0.2, 0) is 11.3 Å². The molecule has 2 N–H and O–H groups in total. The molecule has 5 nitrogen and oxygen atoms in total. The number of pyridine rings is 1. The zero-order valence-electron chi connectivity index (χ0n) is 10.1. The first-order chi connectivity index (χ1) is 8.54. The van der Waals surface area contributed by atoms with E-state index in [4.69, 9.17) is 15.2 Å². The first-order valence-electron chi connectivity index (χ1n) is 5.28. The minimum atomic E-state index is -2.81. The van der Waals surface area contributed by atoms with E-state index in [1.165, 1.54) is 7.11 Å². The highest BCUT2D eigenvalue weighted by atomic mass is 19.3. The van der Waals surface area contributed by atoms with E-state index in [-0.39, 0.29) is 30.2 Å². The number of halogens is 2. The molecular formula is C11H14F2N2O3. The third-order valence-corrected chi connectivity index (χ3v) is 2.22. The van der Waals surface area contributed by atoms with Crippen LogP contribution in [0, 0.1) is 0 Å². The van der Waals surface area contributed by atoms with Crippen molar-refractivity contribution in [2.45, 2.75) is 19.9 Å². The van der Waals surface area contributed by atoms with Gasteiger partial charge >= 0.3 is 5.97 Å². The summed E-state index contributed by atoms with van der Waals surface area (Å²) in [7, 11) is 1.30. The molecule has 0 bridgehead atoms. The number of nitrogens with zero attached hydrogens (tertiary/aromatic N) is 1. The normalized spacial score (nSPS) is 10.6. The highest BCUT2D eigenvalue weighted by Crippen LogP contribution is 2.27. The monoisotopic (exact) mass is 260 g/mol.